The normalized spacial score (nSPS) is 14.3. The molecule has 2 aromatic carbocycles. The van der Waals surface area contributed by atoms with Crippen LogP contribution in [0.3, 0.4) is 0 Å². The monoisotopic (exact) mass is 431 g/mol. The van der Waals surface area contributed by atoms with Crippen LogP contribution in [0.5, 0.6) is 5.75 Å². The third-order valence-corrected chi connectivity index (χ3v) is 6.64. The van der Waals surface area contributed by atoms with E-state index in [0.717, 1.165) is 54.7 Å². The molecule has 166 valence electrons. The summed E-state index contributed by atoms with van der Waals surface area (Å²) in [6.07, 6.45) is 9.80. The molecule has 6 heteroatoms. The van der Waals surface area contributed by atoms with E-state index >= 15 is 0 Å². The second kappa shape index (κ2) is 8.61. The van der Waals surface area contributed by atoms with Crippen molar-refractivity contribution >= 4 is 33.5 Å². The van der Waals surface area contributed by atoms with Crippen molar-refractivity contribution in [2.45, 2.75) is 38.6 Å². The smallest absolute Gasteiger partial charge is 0.335 e. The van der Waals surface area contributed by atoms with E-state index in [0.29, 0.717) is 5.56 Å². The minimum atomic E-state index is -0.891. The Morgan fingerprint density at radius 3 is 2.72 bits per heavy atom. The van der Waals surface area contributed by atoms with E-state index in [9.17, 15) is 9.90 Å². The van der Waals surface area contributed by atoms with E-state index in [1.807, 2.05) is 12.3 Å². The number of hydrogen-bond donors (Lipinski definition) is 2. The fourth-order valence-corrected chi connectivity index (χ4v) is 5.00. The number of ether oxygens (including phenoxy) is 1. The summed E-state index contributed by atoms with van der Waals surface area (Å²) in [5, 5.41) is 11.6. The van der Waals surface area contributed by atoms with Crippen LogP contribution < -0.4 is 9.64 Å². The number of nitrogens with one attached hydrogen (secondary N) is 1. The molecular weight excluding hydrogens is 402 g/mol. The van der Waals surface area contributed by atoms with Crippen molar-refractivity contribution in [3.8, 4) is 5.75 Å². The highest BCUT2D eigenvalue weighted by Gasteiger charge is 2.19. The number of fused-ring (bicyclic) bond motifs is 2. The zero-order chi connectivity index (χ0) is 22.1. The molecule has 1 saturated heterocycles. The SMILES string of the molecule is COc1ccc2c(ccn2CCCc2c[nH]c3ccc(C(=O)O)cc23)c1N1CCCCC1. The number of H-pyrrole nitrogens is 1. The molecule has 32 heavy (non-hydrogen) atoms. The van der Waals surface area contributed by atoms with Gasteiger partial charge in [-0.05, 0) is 74.1 Å². The molecule has 1 fully saturated rings. The molecule has 4 aromatic rings. The van der Waals surface area contributed by atoms with Crippen molar-refractivity contribution in [1.82, 2.24) is 9.55 Å². The Kier molecular flexibility index (Phi) is 5.52. The number of benzene rings is 2. The van der Waals surface area contributed by atoms with Crippen LogP contribution in [0.1, 0.15) is 41.6 Å². The Hall–Kier alpha value is -3.41. The van der Waals surface area contributed by atoms with Gasteiger partial charge in [-0.15, -0.1) is 0 Å². The summed E-state index contributed by atoms with van der Waals surface area (Å²) in [6.45, 7) is 3.07. The van der Waals surface area contributed by atoms with Crippen LogP contribution in [0, 0.1) is 0 Å². The number of aromatic amines is 1. The maximum atomic E-state index is 11.3. The third-order valence-electron chi connectivity index (χ3n) is 6.64. The number of methoxy groups -OCH3 is 1. The minimum absolute atomic E-state index is 0.328. The van der Waals surface area contributed by atoms with Crippen molar-refractivity contribution < 1.29 is 14.6 Å². The maximum absolute atomic E-state index is 11.3. The molecule has 0 bridgehead atoms. The quantitative estimate of drug-likeness (QED) is 0.408. The molecule has 2 N–H and O–H groups in total. The summed E-state index contributed by atoms with van der Waals surface area (Å²) in [4.78, 5) is 17.1. The van der Waals surface area contributed by atoms with Gasteiger partial charge < -0.3 is 24.3 Å². The molecule has 0 aliphatic carbocycles. The van der Waals surface area contributed by atoms with Gasteiger partial charge in [0.05, 0.1) is 23.9 Å². The summed E-state index contributed by atoms with van der Waals surface area (Å²) in [5.74, 6) is 0.0583. The topological polar surface area (TPSA) is 70.5 Å². The molecule has 1 aliphatic rings. The van der Waals surface area contributed by atoms with Gasteiger partial charge in [-0.2, -0.15) is 0 Å². The van der Waals surface area contributed by atoms with E-state index in [1.54, 1.807) is 19.2 Å². The lowest BCUT2D eigenvalue weighted by atomic mass is 10.1. The second-order valence-corrected chi connectivity index (χ2v) is 8.59. The van der Waals surface area contributed by atoms with Gasteiger partial charge >= 0.3 is 5.97 Å². The summed E-state index contributed by atoms with van der Waals surface area (Å²) in [6, 6.07) is 11.7. The predicted molar refractivity (Wildman–Crippen MR) is 128 cm³/mol. The van der Waals surface area contributed by atoms with Gasteiger partial charge in [0, 0.05) is 48.3 Å². The number of carboxylic acids is 1. The highest BCUT2D eigenvalue weighted by Crippen LogP contribution is 2.38. The summed E-state index contributed by atoms with van der Waals surface area (Å²) in [5.41, 5.74) is 4.93. The van der Waals surface area contributed by atoms with E-state index in [2.05, 4.69) is 38.8 Å². The van der Waals surface area contributed by atoms with E-state index in [-0.39, 0.29) is 0 Å². The Bertz CT molecular complexity index is 1260. The number of aryl methyl sites for hydroxylation is 2. The van der Waals surface area contributed by atoms with Crippen LogP contribution in [0.2, 0.25) is 0 Å². The number of aromatic carboxylic acids is 1. The second-order valence-electron chi connectivity index (χ2n) is 8.59. The number of rotatable bonds is 7. The molecule has 0 spiro atoms. The molecule has 0 unspecified atom stereocenters. The van der Waals surface area contributed by atoms with Crippen LogP contribution >= 0.6 is 0 Å². The molecule has 3 heterocycles. The first-order valence-electron chi connectivity index (χ1n) is 11.4. The van der Waals surface area contributed by atoms with Crippen LogP contribution in [0.15, 0.2) is 48.8 Å². The predicted octanol–water partition coefficient (Wildman–Crippen LogP) is 5.45. The number of carbonyl (C=O) groups is 1. The average Bonchev–Trinajstić information content (AvgIpc) is 3.42. The molecule has 0 radical (unpaired) electrons. The third kappa shape index (κ3) is 3.70. The summed E-state index contributed by atoms with van der Waals surface area (Å²) < 4.78 is 8.04. The first-order chi connectivity index (χ1) is 15.7. The van der Waals surface area contributed by atoms with Crippen LogP contribution in [0.4, 0.5) is 5.69 Å². The maximum Gasteiger partial charge on any atom is 0.335 e. The van der Waals surface area contributed by atoms with Crippen molar-refractivity contribution in [3.05, 3.63) is 59.9 Å². The molecule has 5 rings (SSSR count). The molecule has 0 amide bonds. The van der Waals surface area contributed by atoms with E-state index < -0.39 is 5.97 Å². The van der Waals surface area contributed by atoms with Crippen LogP contribution in [0.25, 0.3) is 21.8 Å². The number of hydrogen-bond acceptors (Lipinski definition) is 3. The van der Waals surface area contributed by atoms with Crippen LogP contribution in [-0.2, 0) is 13.0 Å². The van der Waals surface area contributed by atoms with Gasteiger partial charge in [-0.1, -0.05) is 0 Å². The number of aromatic nitrogens is 2. The standard InChI is InChI=1S/C26H29N3O3/c1-32-24-10-9-23-20(25(24)29-12-3-2-4-13-29)11-15-28(23)14-5-6-19-17-27-22-8-7-18(26(30)31)16-21(19)22/h7-11,15-17,27H,2-6,12-14H2,1H3,(H,30,31). The number of anilines is 1. The van der Waals surface area contributed by atoms with Gasteiger partial charge in [0.2, 0.25) is 0 Å². The summed E-state index contributed by atoms with van der Waals surface area (Å²) in [7, 11) is 1.75. The van der Waals surface area contributed by atoms with Crippen molar-refractivity contribution in [2.24, 2.45) is 0 Å². The average molecular weight is 432 g/mol. The lowest BCUT2D eigenvalue weighted by molar-refractivity contribution is 0.0697. The highest BCUT2D eigenvalue weighted by atomic mass is 16.5. The van der Waals surface area contributed by atoms with Gasteiger partial charge in [0.1, 0.15) is 5.75 Å². The Balaban J connectivity index is 1.37. The Labute approximate surface area is 187 Å². The van der Waals surface area contributed by atoms with Gasteiger partial charge in [0.15, 0.2) is 0 Å². The number of nitrogens with zero attached hydrogens (tertiary/aromatic N) is 2. The van der Waals surface area contributed by atoms with E-state index in [1.165, 1.54) is 35.9 Å². The largest absolute Gasteiger partial charge is 0.495 e. The Morgan fingerprint density at radius 2 is 1.94 bits per heavy atom. The lowest BCUT2D eigenvalue weighted by Gasteiger charge is -2.30. The minimum Gasteiger partial charge on any atom is -0.495 e. The van der Waals surface area contributed by atoms with Gasteiger partial charge in [-0.25, -0.2) is 4.79 Å². The first-order valence-corrected chi connectivity index (χ1v) is 11.4. The molecule has 6 nitrogen and oxygen atoms in total. The summed E-state index contributed by atoms with van der Waals surface area (Å²) >= 11 is 0. The number of piperidine rings is 1. The number of carboxylic acid groups (broad SMARTS) is 1. The zero-order valence-corrected chi connectivity index (χ0v) is 18.4. The lowest BCUT2D eigenvalue weighted by Crippen LogP contribution is -2.29. The van der Waals surface area contributed by atoms with Crippen molar-refractivity contribution in [2.75, 3.05) is 25.1 Å². The fourth-order valence-electron chi connectivity index (χ4n) is 5.00. The van der Waals surface area contributed by atoms with Crippen molar-refractivity contribution in [1.29, 1.82) is 0 Å². The molecular formula is C26H29N3O3. The molecule has 0 saturated carbocycles. The van der Waals surface area contributed by atoms with Crippen LogP contribution in [-0.4, -0.2) is 40.8 Å². The Morgan fingerprint density at radius 1 is 1.09 bits per heavy atom. The molecule has 0 atom stereocenters. The van der Waals surface area contributed by atoms with Crippen molar-refractivity contribution in [3.63, 3.8) is 0 Å². The van der Waals surface area contributed by atoms with E-state index in [4.69, 9.17) is 4.74 Å². The van der Waals surface area contributed by atoms with Gasteiger partial charge in [0.25, 0.3) is 0 Å². The first kappa shape index (κ1) is 20.5. The highest BCUT2D eigenvalue weighted by molar-refractivity contribution is 5.96. The molecule has 1 aliphatic heterocycles. The fraction of sp³-hybridized carbons (Fsp3) is 0.346. The van der Waals surface area contributed by atoms with Gasteiger partial charge in [-0.3, -0.25) is 0 Å². The zero-order valence-electron chi connectivity index (χ0n) is 18.4. The molecule has 2 aromatic heterocycles.